The van der Waals surface area contributed by atoms with Gasteiger partial charge >= 0.3 is 0 Å². The number of nitrogens with one attached hydrogen (secondary N) is 1. The molecule has 21 heavy (non-hydrogen) atoms. The quantitative estimate of drug-likeness (QED) is 0.862. The summed E-state index contributed by atoms with van der Waals surface area (Å²) in [5.41, 5.74) is 0.846. The fourth-order valence-electron chi connectivity index (χ4n) is 2.59. The van der Waals surface area contributed by atoms with Gasteiger partial charge in [-0.05, 0) is 43.0 Å². The van der Waals surface area contributed by atoms with E-state index in [1.165, 1.54) is 19.3 Å². The van der Waals surface area contributed by atoms with Crippen LogP contribution in [0.15, 0.2) is 24.3 Å². The highest BCUT2D eigenvalue weighted by atomic mass is 16.5. The molecule has 0 saturated heterocycles. The van der Waals surface area contributed by atoms with E-state index in [-0.39, 0.29) is 11.8 Å². The van der Waals surface area contributed by atoms with E-state index in [9.17, 15) is 4.79 Å². The first kappa shape index (κ1) is 17.5. The van der Waals surface area contributed by atoms with Crippen molar-refractivity contribution in [2.24, 2.45) is 11.8 Å². The van der Waals surface area contributed by atoms with Gasteiger partial charge in [-0.1, -0.05) is 40.0 Å². The third-order valence-corrected chi connectivity index (χ3v) is 3.66. The van der Waals surface area contributed by atoms with Crippen molar-refractivity contribution in [1.29, 1.82) is 0 Å². The number of hydrogen-bond acceptors (Lipinski definition) is 2. The maximum Gasteiger partial charge on any atom is 0.227 e. The monoisotopic (exact) mass is 291 g/mol. The molecule has 2 atom stereocenters. The average molecular weight is 291 g/mol. The summed E-state index contributed by atoms with van der Waals surface area (Å²) >= 11 is 0. The molecule has 1 aliphatic rings. The smallest absolute Gasteiger partial charge is 0.227 e. The minimum absolute atomic E-state index is 0.159. The summed E-state index contributed by atoms with van der Waals surface area (Å²) < 4.78 is 5.09. The Labute approximate surface area is 129 Å². The van der Waals surface area contributed by atoms with Crippen molar-refractivity contribution in [3.63, 3.8) is 0 Å². The van der Waals surface area contributed by atoms with Crippen LogP contribution in [0.3, 0.4) is 0 Å². The molecule has 1 N–H and O–H groups in total. The first-order valence-corrected chi connectivity index (χ1v) is 8.05. The van der Waals surface area contributed by atoms with Crippen LogP contribution in [-0.4, -0.2) is 13.0 Å². The first-order valence-electron chi connectivity index (χ1n) is 8.05. The van der Waals surface area contributed by atoms with Gasteiger partial charge in [0.1, 0.15) is 5.75 Å². The Morgan fingerprint density at radius 3 is 2.38 bits per heavy atom. The standard InChI is InChI=1S/C15H21NO2.C3H8/c1-11-4-3-5-12(10-11)15(17)16-13-6-8-14(18-2)9-7-13;1-3-2/h6-9,11-12H,3-5,10H2,1-2H3,(H,16,17);3H2,1-2H3. The molecule has 1 aromatic rings. The lowest BCUT2D eigenvalue weighted by Gasteiger charge is -2.25. The molecule has 2 unspecified atom stereocenters. The van der Waals surface area contributed by atoms with Gasteiger partial charge in [0.05, 0.1) is 7.11 Å². The van der Waals surface area contributed by atoms with Gasteiger partial charge in [-0.15, -0.1) is 0 Å². The second kappa shape index (κ2) is 9.43. The molecule has 0 heterocycles. The van der Waals surface area contributed by atoms with Crippen LogP contribution in [0.4, 0.5) is 5.69 Å². The number of ether oxygens (including phenoxy) is 1. The molecule has 1 saturated carbocycles. The van der Waals surface area contributed by atoms with Crippen LogP contribution in [0.2, 0.25) is 0 Å². The molecule has 2 rings (SSSR count). The van der Waals surface area contributed by atoms with E-state index in [1.54, 1.807) is 7.11 Å². The van der Waals surface area contributed by atoms with Crippen molar-refractivity contribution in [3.8, 4) is 5.75 Å². The summed E-state index contributed by atoms with van der Waals surface area (Å²) in [7, 11) is 1.64. The SMILES string of the molecule is CCC.COc1ccc(NC(=O)C2CCCC(C)C2)cc1. The summed E-state index contributed by atoms with van der Waals surface area (Å²) in [6.07, 6.45) is 5.71. The second-order valence-corrected chi connectivity index (χ2v) is 5.89. The Kier molecular flexibility index (Phi) is 7.88. The van der Waals surface area contributed by atoms with E-state index in [1.807, 2.05) is 24.3 Å². The fraction of sp³-hybridized carbons (Fsp3) is 0.611. The number of amides is 1. The summed E-state index contributed by atoms with van der Waals surface area (Å²) in [5, 5.41) is 2.99. The van der Waals surface area contributed by atoms with Crippen LogP contribution >= 0.6 is 0 Å². The molecule has 0 bridgehead atoms. The molecule has 0 radical (unpaired) electrons. The molecule has 0 aliphatic heterocycles. The zero-order chi connectivity index (χ0) is 15.7. The highest BCUT2D eigenvalue weighted by molar-refractivity contribution is 5.92. The van der Waals surface area contributed by atoms with E-state index in [0.29, 0.717) is 5.92 Å². The van der Waals surface area contributed by atoms with Crippen molar-refractivity contribution >= 4 is 11.6 Å². The average Bonchev–Trinajstić information content (AvgIpc) is 2.49. The van der Waals surface area contributed by atoms with Gasteiger partial charge in [-0.2, -0.15) is 0 Å². The molecule has 0 aromatic heterocycles. The summed E-state index contributed by atoms with van der Waals surface area (Å²) in [6.45, 7) is 6.48. The van der Waals surface area contributed by atoms with Gasteiger partial charge in [0.2, 0.25) is 5.91 Å². The number of benzene rings is 1. The van der Waals surface area contributed by atoms with Crippen LogP contribution in [0.1, 0.15) is 52.9 Å². The van der Waals surface area contributed by atoms with Crippen molar-refractivity contribution in [2.75, 3.05) is 12.4 Å². The molecule has 3 heteroatoms. The van der Waals surface area contributed by atoms with Gasteiger partial charge in [0.25, 0.3) is 0 Å². The predicted molar refractivity (Wildman–Crippen MR) is 88.7 cm³/mol. The van der Waals surface area contributed by atoms with E-state index >= 15 is 0 Å². The maximum absolute atomic E-state index is 12.1. The van der Waals surface area contributed by atoms with Crippen molar-refractivity contribution < 1.29 is 9.53 Å². The normalized spacial score (nSPS) is 21.0. The number of methoxy groups -OCH3 is 1. The fourth-order valence-corrected chi connectivity index (χ4v) is 2.59. The maximum atomic E-state index is 12.1. The first-order chi connectivity index (χ1) is 10.1. The van der Waals surface area contributed by atoms with Gasteiger partial charge < -0.3 is 10.1 Å². The van der Waals surface area contributed by atoms with E-state index in [0.717, 1.165) is 24.3 Å². The van der Waals surface area contributed by atoms with Crippen LogP contribution in [-0.2, 0) is 4.79 Å². The van der Waals surface area contributed by atoms with Gasteiger partial charge in [-0.25, -0.2) is 0 Å². The number of rotatable bonds is 3. The zero-order valence-electron chi connectivity index (χ0n) is 13.8. The molecule has 1 aromatic carbocycles. The Bertz CT molecular complexity index is 414. The van der Waals surface area contributed by atoms with E-state index in [2.05, 4.69) is 26.1 Å². The van der Waals surface area contributed by atoms with Crippen LogP contribution in [0.25, 0.3) is 0 Å². The number of hydrogen-bond donors (Lipinski definition) is 1. The topological polar surface area (TPSA) is 38.3 Å². The van der Waals surface area contributed by atoms with E-state index < -0.39 is 0 Å². The summed E-state index contributed by atoms with van der Waals surface area (Å²) in [6, 6.07) is 7.48. The highest BCUT2D eigenvalue weighted by Gasteiger charge is 2.24. The van der Waals surface area contributed by atoms with Crippen LogP contribution in [0.5, 0.6) is 5.75 Å². The molecule has 0 spiro atoms. The molecule has 1 aliphatic carbocycles. The van der Waals surface area contributed by atoms with Crippen molar-refractivity contribution in [3.05, 3.63) is 24.3 Å². The Morgan fingerprint density at radius 1 is 1.24 bits per heavy atom. The third kappa shape index (κ3) is 6.19. The lowest BCUT2D eigenvalue weighted by molar-refractivity contribution is -0.121. The minimum atomic E-state index is 0.159. The molecule has 118 valence electrons. The van der Waals surface area contributed by atoms with Crippen LogP contribution < -0.4 is 10.1 Å². The molecular formula is C18H29NO2. The Hall–Kier alpha value is -1.51. The Morgan fingerprint density at radius 2 is 1.86 bits per heavy atom. The van der Waals surface area contributed by atoms with Crippen LogP contribution in [0, 0.1) is 11.8 Å². The number of anilines is 1. The third-order valence-electron chi connectivity index (χ3n) is 3.66. The summed E-state index contributed by atoms with van der Waals surface area (Å²) in [5.74, 6) is 1.81. The highest BCUT2D eigenvalue weighted by Crippen LogP contribution is 2.29. The molecule has 3 nitrogen and oxygen atoms in total. The number of carbonyl (C=O) groups is 1. The molecular weight excluding hydrogens is 262 g/mol. The lowest BCUT2D eigenvalue weighted by Crippen LogP contribution is -2.27. The van der Waals surface area contributed by atoms with Gasteiger partial charge in [-0.3, -0.25) is 4.79 Å². The van der Waals surface area contributed by atoms with E-state index in [4.69, 9.17) is 4.74 Å². The molecule has 1 amide bonds. The number of carbonyl (C=O) groups excluding carboxylic acids is 1. The van der Waals surface area contributed by atoms with Gasteiger partial charge in [0.15, 0.2) is 0 Å². The minimum Gasteiger partial charge on any atom is -0.497 e. The Balaban J connectivity index is 0.000000677. The zero-order valence-corrected chi connectivity index (χ0v) is 13.8. The lowest BCUT2D eigenvalue weighted by atomic mass is 9.82. The van der Waals surface area contributed by atoms with Crippen molar-refractivity contribution in [2.45, 2.75) is 52.9 Å². The predicted octanol–water partition coefficient (Wildman–Crippen LogP) is 4.88. The van der Waals surface area contributed by atoms with Crippen molar-refractivity contribution in [1.82, 2.24) is 0 Å². The van der Waals surface area contributed by atoms with Gasteiger partial charge in [0, 0.05) is 11.6 Å². The summed E-state index contributed by atoms with van der Waals surface area (Å²) in [4.78, 5) is 12.1. The molecule has 1 fully saturated rings. The largest absolute Gasteiger partial charge is 0.497 e. The second-order valence-electron chi connectivity index (χ2n) is 5.89.